The highest BCUT2D eigenvalue weighted by Gasteiger charge is 2.16. The van der Waals surface area contributed by atoms with Gasteiger partial charge in [0.2, 0.25) is 0 Å². The molecule has 0 spiro atoms. The zero-order chi connectivity index (χ0) is 13.8. The first-order valence-electron chi connectivity index (χ1n) is 5.45. The first-order valence-corrected chi connectivity index (χ1v) is 5.45. The average molecular weight is 263 g/mol. The number of para-hydroxylation sites is 1. The van der Waals surface area contributed by atoms with Crippen LogP contribution >= 0.6 is 0 Å². The smallest absolute Gasteiger partial charge is 0.293 e. The molecule has 0 saturated carbocycles. The molecule has 1 heterocycles. The van der Waals surface area contributed by atoms with Gasteiger partial charge >= 0.3 is 0 Å². The maximum absolute atomic E-state index is 10.9. The SMILES string of the molecule is COc1cnn(Cc2cccc([N+](=O)[O-])c2NN)c1. The van der Waals surface area contributed by atoms with Crippen LogP contribution in [0.2, 0.25) is 0 Å². The van der Waals surface area contributed by atoms with E-state index in [1.165, 1.54) is 6.07 Å². The van der Waals surface area contributed by atoms with Crippen LogP contribution in [0.3, 0.4) is 0 Å². The number of nitrogens with one attached hydrogen (secondary N) is 1. The monoisotopic (exact) mass is 263 g/mol. The molecule has 0 bridgehead atoms. The molecule has 0 unspecified atom stereocenters. The van der Waals surface area contributed by atoms with Crippen molar-refractivity contribution in [2.45, 2.75) is 6.54 Å². The van der Waals surface area contributed by atoms with Gasteiger partial charge in [-0.05, 0) is 0 Å². The Morgan fingerprint density at radius 3 is 2.95 bits per heavy atom. The normalized spacial score (nSPS) is 10.2. The molecule has 0 amide bonds. The number of hydrazine groups is 1. The second-order valence-corrected chi connectivity index (χ2v) is 3.79. The third-order valence-corrected chi connectivity index (χ3v) is 2.65. The number of nitrogens with two attached hydrogens (primary N) is 1. The number of hydrogen-bond donors (Lipinski definition) is 2. The molecule has 0 aliphatic rings. The lowest BCUT2D eigenvalue weighted by Gasteiger charge is -2.09. The van der Waals surface area contributed by atoms with Crippen LogP contribution in [0, 0.1) is 10.1 Å². The largest absolute Gasteiger partial charge is 0.493 e. The van der Waals surface area contributed by atoms with E-state index in [0.717, 1.165) is 0 Å². The molecule has 2 rings (SSSR count). The van der Waals surface area contributed by atoms with Gasteiger partial charge in [-0.25, -0.2) is 0 Å². The molecule has 19 heavy (non-hydrogen) atoms. The molecule has 0 saturated heterocycles. The number of methoxy groups -OCH3 is 1. The van der Waals surface area contributed by atoms with E-state index in [0.29, 0.717) is 17.9 Å². The Bertz CT molecular complexity index is 596. The lowest BCUT2D eigenvalue weighted by molar-refractivity contribution is -0.384. The Morgan fingerprint density at radius 2 is 2.37 bits per heavy atom. The van der Waals surface area contributed by atoms with E-state index in [4.69, 9.17) is 10.6 Å². The van der Waals surface area contributed by atoms with E-state index in [2.05, 4.69) is 10.5 Å². The lowest BCUT2D eigenvalue weighted by atomic mass is 10.1. The van der Waals surface area contributed by atoms with Crippen LogP contribution in [0.25, 0.3) is 0 Å². The molecule has 8 nitrogen and oxygen atoms in total. The summed E-state index contributed by atoms with van der Waals surface area (Å²) in [6.07, 6.45) is 3.26. The third-order valence-electron chi connectivity index (χ3n) is 2.65. The van der Waals surface area contributed by atoms with Crippen molar-refractivity contribution in [3.63, 3.8) is 0 Å². The topological polar surface area (TPSA) is 108 Å². The molecular formula is C11H13N5O3. The number of nitro benzene ring substituents is 1. The number of nitrogen functional groups attached to an aromatic ring is 1. The average Bonchev–Trinajstić information content (AvgIpc) is 2.86. The number of ether oxygens (including phenoxy) is 1. The first kappa shape index (κ1) is 12.8. The molecule has 1 aromatic carbocycles. The van der Waals surface area contributed by atoms with E-state index in [1.54, 1.807) is 36.3 Å². The van der Waals surface area contributed by atoms with Crippen molar-refractivity contribution in [3.05, 3.63) is 46.3 Å². The zero-order valence-corrected chi connectivity index (χ0v) is 10.2. The van der Waals surface area contributed by atoms with Gasteiger partial charge in [0.15, 0.2) is 5.75 Å². The van der Waals surface area contributed by atoms with Crippen molar-refractivity contribution in [2.75, 3.05) is 12.5 Å². The van der Waals surface area contributed by atoms with Gasteiger partial charge in [0.05, 0.1) is 31.0 Å². The number of nitro groups is 1. The van der Waals surface area contributed by atoms with Crippen LogP contribution in [0.1, 0.15) is 5.56 Å². The molecule has 1 aromatic heterocycles. The fourth-order valence-electron chi connectivity index (χ4n) is 1.75. The Balaban J connectivity index is 2.34. The highest BCUT2D eigenvalue weighted by molar-refractivity contribution is 5.65. The van der Waals surface area contributed by atoms with Gasteiger partial charge in [-0.1, -0.05) is 12.1 Å². The molecule has 0 radical (unpaired) electrons. The predicted molar refractivity (Wildman–Crippen MR) is 68.8 cm³/mol. The Labute approximate surface area is 108 Å². The number of benzene rings is 1. The summed E-state index contributed by atoms with van der Waals surface area (Å²) in [6.45, 7) is 0.352. The summed E-state index contributed by atoms with van der Waals surface area (Å²) in [5.74, 6) is 5.98. The summed E-state index contributed by atoms with van der Waals surface area (Å²) in [4.78, 5) is 10.4. The van der Waals surface area contributed by atoms with Gasteiger partial charge in [-0.15, -0.1) is 0 Å². The fourth-order valence-corrected chi connectivity index (χ4v) is 1.75. The zero-order valence-electron chi connectivity index (χ0n) is 10.2. The second-order valence-electron chi connectivity index (χ2n) is 3.79. The number of nitrogens with zero attached hydrogens (tertiary/aromatic N) is 3. The molecule has 3 N–H and O–H groups in total. The van der Waals surface area contributed by atoms with Gasteiger partial charge in [0.1, 0.15) is 5.69 Å². The summed E-state index contributed by atoms with van der Waals surface area (Å²) in [6, 6.07) is 4.74. The number of hydrogen-bond acceptors (Lipinski definition) is 6. The summed E-state index contributed by atoms with van der Waals surface area (Å²) in [5, 5.41) is 15.0. The lowest BCUT2D eigenvalue weighted by Crippen LogP contribution is -2.13. The summed E-state index contributed by atoms with van der Waals surface area (Å²) in [5.41, 5.74) is 3.25. The molecule has 0 atom stereocenters. The molecular weight excluding hydrogens is 250 g/mol. The highest BCUT2D eigenvalue weighted by Crippen LogP contribution is 2.28. The van der Waals surface area contributed by atoms with Gasteiger partial charge in [-0.3, -0.25) is 20.6 Å². The maximum Gasteiger partial charge on any atom is 0.293 e. The van der Waals surface area contributed by atoms with E-state index >= 15 is 0 Å². The van der Waals surface area contributed by atoms with Crippen molar-refractivity contribution in [3.8, 4) is 5.75 Å². The standard InChI is InChI=1S/C11H13N5O3/c1-19-9-5-13-15(7-9)6-8-3-2-4-10(16(17)18)11(8)14-12/h2-5,7,14H,6,12H2,1H3. The van der Waals surface area contributed by atoms with Crippen LogP contribution in [0.4, 0.5) is 11.4 Å². The molecule has 0 aliphatic carbocycles. The molecule has 8 heteroatoms. The fraction of sp³-hybridized carbons (Fsp3) is 0.182. The van der Waals surface area contributed by atoms with E-state index in [9.17, 15) is 10.1 Å². The van der Waals surface area contributed by atoms with Gasteiger partial charge < -0.3 is 10.2 Å². The van der Waals surface area contributed by atoms with Gasteiger partial charge in [0, 0.05) is 11.6 Å². The van der Waals surface area contributed by atoms with Crippen molar-refractivity contribution >= 4 is 11.4 Å². The van der Waals surface area contributed by atoms with Crippen LogP contribution in [-0.2, 0) is 6.54 Å². The quantitative estimate of drug-likeness (QED) is 0.475. The Kier molecular flexibility index (Phi) is 3.62. The highest BCUT2D eigenvalue weighted by atomic mass is 16.6. The van der Waals surface area contributed by atoms with Gasteiger partial charge in [-0.2, -0.15) is 5.10 Å². The second kappa shape index (κ2) is 5.36. The van der Waals surface area contributed by atoms with Crippen molar-refractivity contribution in [2.24, 2.45) is 5.84 Å². The Morgan fingerprint density at radius 1 is 1.58 bits per heavy atom. The Hall–Kier alpha value is -2.61. The van der Waals surface area contributed by atoms with Crippen molar-refractivity contribution < 1.29 is 9.66 Å². The molecule has 100 valence electrons. The van der Waals surface area contributed by atoms with Crippen molar-refractivity contribution in [1.29, 1.82) is 0 Å². The third kappa shape index (κ3) is 2.63. The summed E-state index contributed by atoms with van der Waals surface area (Å²) in [7, 11) is 1.54. The van der Waals surface area contributed by atoms with E-state index in [1.807, 2.05) is 0 Å². The summed E-state index contributed by atoms with van der Waals surface area (Å²) < 4.78 is 6.63. The minimum atomic E-state index is -0.484. The molecule has 2 aromatic rings. The van der Waals surface area contributed by atoms with Crippen LogP contribution < -0.4 is 16.0 Å². The maximum atomic E-state index is 10.9. The van der Waals surface area contributed by atoms with Crippen molar-refractivity contribution in [1.82, 2.24) is 9.78 Å². The predicted octanol–water partition coefficient (Wildman–Crippen LogP) is 1.13. The van der Waals surface area contributed by atoms with Crippen LogP contribution in [-0.4, -0.2) is 21.8 Å². The number of aromatic nitrogens is 2. The number of anilines is 1. The molecule has 0 fully saturated rings. The minimum absolute atomic E-state index is 0.0703. The van der Waals surface area contributed by atoms with Crippen LogP contribution in [0.15, 0.2) is 30.6 Å². The molecule has 0 aliphatic heterocycles. The van der Waals surface area contributed by atoms with Gasteiger partial charge in [0.25, 0.3) is 5.69 Å². The minimum Gasteiger partial charge on any atom is -0.493 e. The van der Waals surface area contributed by atoms with E-state index in [-0.39, 0.29) is 11.4 Å². The first-order chi connectivity index (χ1) is 9.15. The van der Waals surface area contributed by atoms with E-state index < -0.39 is 4.92 Å². The number of rotatable bonds is 5. The van der Waals surface area contributed by atoms with Crippen LogP contribution in [0.5, 0.6) is 5.75 Å². The summed E-state index contributed by atoms with van der Waals surface area (Å²) >= 11 is 0.